The van der Waals surface area contributed by atoms with Crippen LogP contribution in [-0.4, -0.2) is 40.6 Å². The summed E-state index contributed by atoms with van der Waals surface area (Å²) in [6.45, 7) is 5.22. The molecule has 1 aromatic carbocycles. The Kier molecular flexibility index (Phi) is 6.63. The van der Waals surface area contributed by atoms with Gasteiger partial charge in [-0.05, 0) is 44.5 Å². The minimum atomic E-state index is 0.115. The fourth-order valence-corrected chi connectivity index (χ4v) is 3.37. The molecule has 1 aliphatic heterocycles. The summed E-state index contributed by atoms with van der Waals surface area (Å²) in [4.78, 5) is 18.9. The van der Waals surface area contributed by atoms with Crippen LogP contribution in [0.25, 0.3) is 11.4 Å². The second-order valence-corrected chi connectivity index (χ2v) is 7.09. The molecule has 26 heavy (non-hydrogen) atoms. The summed E-state index contributed by atoms with van der Waals surface area (Å²) in [5.41, 5.74) is 0.770. The molecule has 1 aliphatic rings. The van der Waals surface area contributed by atoms with Crippen LogP contribution in [0.2, 0.25) is 5.02 Å². The molecular weight excluding hydrogens is 352 g/mol. The molecule has 0 atom stereocenters. The lowest BCUT2D eigenvalue weighted by Gasteiger charge is -2.30. The van der Waals surface area contributed by atoms with Crippen LogP contribution in [0.1, 0.15) is 38.5 Å². The molecule has 1 aromatic heterocycles. The maximum Gasteiger partial charge on any atom is 0.241 e. The van der Waals surface area contributed by atoms with Gasteiger partial charge in [-0.15, -0.1) is 0 Å². The highest BCUT2D eigenvalue weighted by Crippen LogP contribution is 2.25. The summed E-state index contributed by atoms with van der Waals surface area (Å²) in [6, 6.07) is 7.45. The van der Waals surface area contributed by atoms with Gasteiger partial charge in [0.2, 0.25) is 17.6 Å². The second kappa shape index (κ2) is 9.14. The number of unbranched alkanes of at least 4 members (excludes halogenated alkanes) is 1. The molecular formula is C19H25ClN4O2. The van der Waals surface area contributed by atoms with Crippen molar-refractivity contribution in [3.8, 4) is 11.4 Å². The van der Waals surface area contributed by atoms with Gasteiger partial charge in [-0.1, -0.05) is 42.2 Å². The summed E-state index contributed by atoms with van der Waals surface area (Å²) in [5.74, 6) is 1.39. The Morgan fingerprint density at radius 2 is 2.12 bits per heavy atom. The van der Waals surface area contributed by atoms with Crippen molar-refractivity contribution in [2.75, 3.05) is 19.6 Å². The lowest BCUT2D eigenvalue weighted by Crippen LogP contribution is -2.40. The number of likely N-dealkylation sites (tertiary alicyclic amines) is 1. The van der Waals surface area contributed by atoms with Crippen molar-refractivity contribution in [3.05, 3.63) is 35.2 Å². The van der Waals surface area contributed by atoms with Crippen molar-refractivity contribution in [2.24, 2.45) is 5.92 Å². The van der Waals surface area contributed by atoms with Gasteiger partial charge in [-0.2, -0.15) is 4.98 Å². The van der Waals surface area contributed by atoms with Gasteiger partial charge in [0.1, 0.15) is 0 Å². The van der Waals surface area contributed by atoms with E-state index in [4.69, 9.17) is 16.1 Å². The molecule has 1 fully saturated rings. The van der Waals surface area contributed by atoms with Crippen molar-refractivity contribution >= 4 is 17.5 Å². The van der Waals surface area contributed by atoms with Gasteiger partial charge in [0.05, 0.1) is 11.6 Å². The van der Waals surface area contributed by atoms with E-state index in [0.717, 1.165) is 50.9 Å². The van der Waals surface area contributed by atoms with Gasteiger partial charge >= 0.3 is 0 Å². The summed E-state index contributed by atoms with van der Waals surface area (Å²) in [5, 5.41) is 7.68. The third kappa shape index (κ3) is 4.83. The first-order valence-electron chi connectivity index (χ1n) is 9.25. The monoisotopic (exact) mass is 376 g/mol. The molecule has 1 saturated heterocycles. The van der Waals surface area contributed by atoms with Crippen LogP contribution in [0, 0.1) is 5.92 Å². The highest BCUT2D eigenvalue weighted by Gasteiger charge is 2.25. The quantitative estimate of drug-likeness (QED) is 0.748. The molecule has 2 heterocycles. The van der Waals surface area contributed by atoms with E-state index in [2.05, 4.69) is 27.3 Å². The third-order valence-corrected chi connectivity index (χ3v) is 5.06. The number of nitrogens with zero attached hydrogens (tertiary/aromatic N) is 3. The van der Waals surface area contributed by atoms with E-state index in [1.165, 1.54) is 0 Å². The van der Waals surface area contributed by atoms with Crippen molar-refractivity contribution in [3.63, 3.8) is 0 Å². The topological polar surface area (TPSA) is 71.3 Å². The van der Waals surface area contributed by atoms with Crippen molar-refractivity contribution < 1.29 is 9.32 Å². The molecule has 0 unspecified atom stereocenters. The standard InChI is InChI=1S/C19H25ClN4O2/c1-2-3-10-21-19(25)14-8-11-24(12-9-14)13-17-22-18(23-26-17)15-6-4-5-7-16(15)20/h4-7,14H,2-3,8-13H2,1H3,(H,21,25). The number of halogens is 1. The van der Waals surface area contributed by atoms with Crippen LogP contribution in [0.5, 0.6) is 0 Å². The van der Waals surface area contributed by atoms with Crippen molar-refractivity contribution in [2.45, 2.75) is 39.2 Å². The van der Waals surface area contributed by atoms with E-state index < -0.39 is 0 Å². The number of carbonyl (C=O) groups excluding carboxylic acids is 1. The van der Waals surface area contributed by atoms with E-state index in [1.807, 2.05) is 24.3 Å². The Balaban J connectivity index is 1.49. The first-order valence-corrected chi connectivity index (χ1v) is 9.62. The van der Waals surface area contributed by atoms with E-state index >= 15 is 0 Å². The molecule has 0 saturated carbocycles. The number of benzene rings is 1. The molecule has 1 N–H and O–H groups in total. The van der Waals surface area contributed by atoms with Crippen molar-refractivity contribution in [1.29, 1.82) is 0 Å². The largest absolute Gasteiger partial charge is 0.356 e. The van der Waals surface area contributed by atoms with Crippen LogP contribution < -0.4 is 5.32 Å². The van der Waals surface area contributed by atoms with Gasteiger partial charge in [0.15, 0.2) is 0 Å². The smallest absolute Gasteiger partial charge is 0.241 e. The van der Waals surface area contributed by atoms with Gasteiger partial charge in [-0.3, -0.25) is 9.69 Å². The second-order valence-electron chi connectivity index (χ2n) is 6.69. The van der Waals surface area contributed by atoms with Crippen LogP contribution >= 0.6 is 11.6 Å². The Morgan fingerprint density at radius 1 is 1.35 bits per heavy atom. The normalized spacial score (nSPS) is 15.9. The average Bonchev–Trinajstić information content (AvgIpc) is 3.11. The van der Waals surface area contributed by atoms with Gasteiger partial charge < -0.3 is 9.84 Å². The third-order valence-electron chi connectivity index (χ3n) is 4.73. The van der Waals surface area contributed by atoms with E-state index in [0.29, 0.717) is 23.3 Å². The highest BCUT2D eigenvalue weighted by molar-refractivity contribution is 6.33. The molecule has 0 bridgehead atoms. The van der Waals surface area contributed by atoms with E-state index in [9.17, 15) is 4.79 Å². The SMILES string of the molecule is CCCCNC(=O)C1CCN(Cc2nc(-c3ccccc3Cl)no2)CC1. The van der Waals surface area contributed by atoms with Crippen molar-refractivity contribution in [1.82, 2.24) is 20.4 Å². The fourth-order valence-electron chi connectivity index (χ4n) is 3.15. The molecule has 0 spiro atoms. The zero-order valence-electron chi connectivity index (χ0n) is 15.1. The lowest BCUT2D eigenvalue weighted by atomic mass is 9.96. The van der Waals surface area contributed by atoms with Gasteiger partial charge in [0.25, 0.3) is 0 Å². The number of piperidine rings is 1. The zero-order chi connectivity index (χ0) is 18.4. The average molecular weight is 377 g/mol. The summed E-state index contributed by atoms with van der Waals surface area (Å²) >= 11 is 6.18. The Bertz CT molecular complexity index is 726. The molecule has 2 aromatic rings. The molecule has 3 rings (SSSR count). The number of carbonyl (C=O) groups is 1. The predicted octanol–water partition coefficient (Wildman–Crippen LogP) is 3.52. The first kappa shape index (κ1) is 18.9. The highest BCUT2D eigenvalue weighted by atomic mass is 35.5. The first-order chi connectivity index (χ1) is 12.7. The number of hydrogen-bond acceptors (Lipinski definition) is 5. The number of aromatic nitrogens is 2. The molecule has 140 valence electrons. The Labute approximate surface area is 158 Å². The minimum absolute atomic E-state index is 0.115. The van der Waals surface area contributed by atoms with E-state index in [1.54, 1.807) is 0 Å². The molecule has 0 aliphatic carbocycles. The molecule has 0 radical (unpaired) electrons. The molecule has 6 nitrogen and oxygen atoms in total. The molecule has 7 heteroatoms. The zero-order valence-corrected chi connectivity index (χ0v) is 15.8. The number of amides is 1. The number of rotatable bonds is 7. The van der Waals surface area contributed by atoms with Gasteiger partial charge in [0, 0.05) is 18.0 Å². The lowest BCUT2D eigenvalue weighted by molar-refractivity contribution is -0.126. The summed E-state index contributed by atoms with van der Waals surface area (Å²) < 4.78 is 5.38. The van der Waals surface area contributed by atoms with Crippen LogP contribution in [0.3, 0.4) is 0 Å². The number of hydrogen-bond donors (Lipinski definition) is 1. The predicted molar refractivity (Wildman–Crippen MR) is 101 cm³/mol. The fraction of sp³-hybridized carbons (Fsp3) is 0.526. The molecule has 1 amide bonds. The Hall–Kier alpha value is -1.92. The number of nitrogens with one attached hydrogen (secondary N) is 1. The van der Waals surface area contributed by atoms with Gasteiger partial charge in [-0.25, -0.2) is 0 Å². The maximum atomic E-state index is 12.1. The maximum absolute atomic E-state index is 12.1. The summed E-state index contributed by atoms with van der Waals surface area (Å²) in [7, 11) is 0. The van der Waals surface area contributed by atoms with E-state index in [-0.39, 0.29) is 11.8 Å². The Morgan fingerprint density at radius 3 is 2.85 bits per heavy atom. The van der Waals surface area contributed by atoms with Crippen LogP contribution in [-0.2, 0) is 11.3 Å². The minimum Gasteiger partial charge on any atom is -0.356 e. The van der Waals surface area contributed by atoms with Crippen LogP contribution in [0.15, 0.2) is 28.8 Å². The summed E-state index contributed by atoms with van der Waals surface area (Å²) in [6.07, 6.45) is 3.86. The van der Waals surface area contributed by atoms with Crippen LogP contribution in [0.4, 0.5) is 0 Å².